The fourth-order valence-electron chi connectivity index (χ4n) is 3.35. The number of nitrogens with one attached hydrogen (secondary N) is 1. The van der Waals surface area contributed by atoms with Crippen LogP contribution in [0.4, 0.5) is 11.4 Å². The number of hydrogen-bond acceptors (Lipinski definition) is 4. The summed E-state index contributed by atoms with van der Waals surface area (Å²) < 4.78 is 32.0. The van der Waals surface area contributed by atoms with Gasteiger partial charge < -0.3 is 10.1 Å². The minimum atomic E-state index is -3.34. The zero-order valence-electron chi connectivity index (χ0n) is 16.3. The molecule has 7 heteroatoms. The summed E-state index contributed by atoms with van der Waals surface area (Å²) in [6.45, 7) is 0.432. The molecule has 1 fully saturated rings. The van der Waals surface area contributed by atoms with Crippen LogP contribution in [0.5, 0.6) is 11.5 Å². The molecule has 4 rings (SSSR count). The first-order valence-corrected chi connectivity index (χ1v) is 11.4. The topological polar surface area (TPSA) is 75.7 Å². The summed E-state index contributed by atoms with van der Waals surface area (Å²) in [6.07, 6.45) is 1.47. The maximum absolute atomic E-state index is 12.9. The molecular formula is C23H22N2O4S. The number of ether oxygens (including phenoxy) is 1. The van der Waals surface area contributed by atoms with E-state index >= 15 is 0 Å². The minimum absolute atomic E-state index is 0.133. The van der Waals surface area contributed by atoms with Gasteiger partial charge in [0.25, 0.3) is 5.91 Å². The fraction of sp³-hybridized carbons (Fsp3) is 0.174. The van der Waals surface area contributed by atoms with Crippen molar-refractivity contribution in [1.29, 1.82) is 0 Å². The lowest BCUT2D eigenvalue weighted by atomic mass is 10.1. The SMILES string of the molecule is O=C(Nc1ccccc1Oc1ccccc1)c1cccc(N2CCCCS2(=O)=O)c1. The van der Waals surface area contributed by atoms with Gasteiger partial charge in [-0.15, -0.1) is 0 Å². The van der Waals surface area contributed by atoms with Crippen molar-refractivity contribution in [3.8, 4) is 11.5 Å². The van der Waals surface area contributed by atoms with Crippen molar-refractivity contribution in [2.75, 3.05) is 21.9 Å². The molecule has 1 amide bonds. The van der Waals surface area contributed by atoms with Crippen LogP contribution < -0.4 is 14.4 Å². The Morgan fingerprint density at radius 1 is 0.900 bits per heavy atom. The fourth-order valence-corrected chi connectivity index (χ4v) is 4.98. The maximum Gasteiger partial charge on any atom is 0.255 e. The van der Waals surface area contributed by atoms with E-state index in [0.29, 0.717) is 41.4 Å². The van der Waals surface area contributed by atoms with Crippen molar-refractivity contribution in [1.82, 2.24) is 0 Å². The third kappa shape index (κ3) is 4.46. The Morgan fingerprint density at radius 2 is 1.67 bits per heavy atom. The van der Waals surface area contributed by atoms with Crippen LogP contribution in [0, 0.1) is 0 Å². The van der Waals surface area contributed by atoms with Gasteiger partial charge in [0.1, 0.15) is 5.75 Å². The van der Waals surface area contributed by atoms with E-state index in [1.54, 1.807) is 36.4 Å². The van der Waals surface area contributed by atoms with Gasteiger partial charge in [-0.1, -0.05) is 36.4 Å². The minimum Gasteiger partial charge on any atom is -0.455 e. The molecule has 1 aliphatic rings. The summed E-state index contributed by atoms with van der Waals surface area (Å²) in [6, 6.07) is 23.2. The summed E-state index contributed by atoms with van der Waals surface area (Å²) >= 11 is 0. The summed E-state index contributed by atoms with van der Waals surface area (Å²) in [5.41, 5.74) is 1.42. The number of para-hydroxylation sites is 3. The Hall–Kier alpha value is -3.32. The second-order valence-electron chi connectivity index (χ2n) is 7.01. The van der Waals surface area contributed by atoms with Gasteiger partial charge >= 0.3 is 0 Å². The number of sulfonamides is 1. The van der Waals surface area contributed by atoms with E-state index < -0.39 is 10.0 Å². The van der Waals surface area contributed by atoms with Gasteiger partial charge in [-0.2, -0.15) is 0 Å². The number of benzene rings is 3. The van der Waals surface area contributed by atoms with Crippen molar-refractivity contribution in [2.45, 2.75) is 12.8 Å². The average molecular weight is 423 g/mol. The molecule has 3 aromatic rings. The van der Waals surface area contributed by atoms with Crippen LogP contribution >= 0.6 is 0 Å². The van der Waals surface area contributed by atoms with Crippen LogP contribution in [0.2, 0.25) is 0 Å². The van der Waals surface area contributed by atoms with Crippen LogP contribution in [-0.2, 0) is 10.0 Å². The first-order valence-electron chi connectivity index (χ1n) is 9.77. The van der Waals surface area contributed by atoms with Crippen LogP contribution in [0.15, 0.2) is 78.9 Å². The van der Waals surface area contributed by atoms with Crippen molar-refractivity contribution >= 4 is 27.3 Å². The van der Waals surface area contributed by atoms with E-state index in [2.05, 4.69) is 5.32 Å². The smallest absolute Gasteiger partial charge is 0.255 e. The highest BCUT2D eigenvalue weighted by molar-refractivity contribution is 7.92. The largest absolute Gasteiger partial charge is 0.455 e. The number of amides is 1. The van der Waals surface area contributed by atoms with E-state index in [1.807, 2.05) is 42.5 Å². The Labute approximate surface area is 176 Å². The molecule has 30 heavy (non-hydrogen) atoms. The standard InChI is InChI=1S/C23H22N2O4S/c26-23(18-9-8-10-19(17-18)25-15-6-7-16-30(25,27)28)24-21-13-4-5-14-22(21)29-20-11-2-1-3-12-20/h1-5,8-14,17H,6-7,15-16H2,(H,24,26). The molecule has 154 valence electrons. The van der Waals surface area contributed by atoms with Crippen molar-refractivity contribution in [3.05, 3.63) is 84.4 Å². The number of carbonyl (C=O) groups excluding carboxylic acids is 1. The Balaban J connectivity index is 1.55. The highest BCUT2D eigenvalue weighted by atomic mass is 32.2. The van der Waals surface area contributed by atoms with E-state index in [0.717, 1.165) is 6.42 Å². The molecule has 3 aromatic carbocycles. The molecule has 0 aliphatic carbocycles. The molecule has 1 saturated heterocycles. The van der Waals surface area contributed by atoms with Gasteiger partial charge in [0, 0.05) is 12.1 Å². The summed E-state index contributed by atoms with van der Waals surface area (Å²) in [4.78, 5) is 12.9. The molecule has 0 bridgehead atoms. The third-order valence-corrected chi connectivity index (χ3v) is 6.72. The van der Waals surface area contributed by atoms with Crippen LogP contribution in [-0.4, -0.2) is 26.6 Å². The van der Waals surface area contributed by atoms with Gasteiger partial charge in [-0.05, 0) is 55.3 Å². The Morgan fingerprint density at radius 3 is 2.47 bits per heavy atom. The first-order chi connectivity index (χ1) is 14.5. The van der Waals surface area contributed by atoms with E-state index in [4.69, 9.17) is 4.74 Å². The molecule has 0 radical (unpaired) electrons. The molecule has 1 aliphatic heterocycles. The molecule has 0 spiro atoms. The van der Waals surface area contributed by atoms with E-state index in [1.165, 1.54) is 4.31 Å². The van der Waals surface area contributed by atoms with Gasteiger partial charge in [0.05, 0.1) is 17.1 Å². The Kier molecular flexibility index (Phi) is 5.72. The van der Waals surface area contributed by atoms with Crippen molar-refractivity contribution in [3.63, 3.8) is 0 Å². The van der Waals surface area contributed by atoms with Gasteiger partial charge in [-0.25, -0.2) is 8.42 Å². The summed E-state index contributed by atoms with van der Waals surface area (Å²) in [5, 5.41) is 2.87. The lowest BCUT2D eigenvalue weighted by Gasteiger charge is -2.28. The van der Waals surface area contributed by atoms with Crippen molar-refractivity contribution < 1.29 is 17.9 Å². The van der Waals surface area contributed by atoms with E-state index in [9.17, 15) is 13.2 Å². The van der Waals surface area contributed by atoms with Crippen LogP contribution in [0.1, 0.15) is 23.2 Å². The number of carbonyl (C=O) groups is 1. The second kappa shape index (κ2) is 8.59. The highest BCUT2D eigenvalue weighted by Crippen LogP contribution is 2.30. The second-order valence-corrected chi connectivity index (χ2v) is 9.02. The molecular weight excluding hydrogens is 400 g/mol. The molecule has 0 saturated carbocycles. The van der Waals surface area contributed by atoms with Gasteiger partial charge in [0.2, 0.25) is 10.0 Å². The number of hydrogen-bond donors (Lipinski definition) is 1. The molecule has 0 aromatic heterocycles. The first kappa shape index (κ1) is 20.0. The van der Waals surface area contributed by atoms with Gasteiger partial charge in [-0.3, -0.25) is 9.10 Å². The zero-order valence-corrected chi connectivity index (χ0v) is 17.1. The number of rotatable bonds is 5. The molecule has 6 nitrogen and oxygen atoms in total. The van der Waals surface area contributed by atoms with Gasteiger partial charge in [0.15, 0.2) is 5.75 Å². The zero-order chi connectivity index (χ0) is 21.0. The average Bonchev–Trinajstić information content (AvgIpc) is 2.75. The predicted octanol–water partition coefficient (Wildman–Crippen LogP) is 4.66. The quantitative estimate of drug-likeness (QED) is 0.649. The lowest BCUT2D eigenvalue weighted by molar-refractivity contribution is 0.102. The lowest BCUT2D eigenvalue weighted by Crippen LogP contribution is -2.37. The monoisotopic (exact) mass is 422 g/mol. The number of anilines is 2. The normalized spacial score (nSPS) is 15.4. The Bertz CT molecular complexity index is 1150. The molecule has 1 N–H and O–H groups in total. The van der Waals surface area contributed by atoms with E-state index in [-0.39, 0.29) is 11.7 Å². The molecule has 1 heterocycles. The van der Waals surface area contributed by atoms with Crippen molar-refractivity contribution in [2.24, 2.45) is 0 Å². The third-order valence-electron chi connectivity index (χ3n) is 4.85. The highest BCUT2D eigenvalue weighted by Gasteiger charge is 2.26. The number of nitrogens with zero attached hydrogens (tertiary/aromatic N) is 1. The van der Waals surface area contributed by atoms with Crippen LogP contribution in [0.3, 0.4) is 0 Å². The predicted molar refractivity (Wildman–Crippen MR) is 118 cm³/mol. The molecule has 0 unspecified atom stereocenters. The summed E-state index contributed by atoms with van der Waals surface area (Å²) in [7, 11) is -3.34. The van der Waals surface area contributed by atoms with Crippen LogP contribution in [0.25, 0.3) is 0 Å². The molecule has 0 atom stereocenters. The summed E-state index contributed by atoms with van der Waals surface area (Å²) in [5.74, 6) is 0.979. The maximum atomic E-state index is 12.9.